The second-order valence-electron chi connectivity index (χ2n) is 7.72. The van der Waals surface area contributed by atoms with Crippen LogP contribution in [0.4, 0.5) is 5.82 Å². The fraction of sp³-hybridized carbons (Fsp3) is 0.421. The molecule has 10 nitrogen and oxygen atoms in total. The van der Waals surface area contributed by atoms with Gasteiger partial charge in [-0.3, -0.25) is 9.98 Å². The zero-order valence-corrected chi connectivity index (χ0v) is 15.8. The Balaban J connectivity index is 1.74. The molecule has 0 spiro atoms. The zero-order chi connectivity index (χ0) is 20.1. The number of aromatic amines is 2. The fourth-order valence-electron chi connectivity index (χ4n) is 3.38. The Morgan fingerprint density at radius 3 is 2.83 bits per heavy atom. The predicted molar refractivity (Wildman–Crippen MR) is 104 cm³/mol. The summed E-state index contributed by atoms with van der Waals surface area (Å²) in [5, 5.41) is 28.0. The lowest BCUT2D eigenvalue weighted by Crippen LogP contribution is -2.27. The first-order valence-corrected chi connectivity index (χ1v) is 9.68. The Bertz CT molecular complexity index is 1320. The van der Waals surface area contributed by atoms with Gasteiger partial charge in [-0.1, -0.05) is 0 Å². The summed E-state index contributed by atoms with van der Waals surface area (Å²) in [6, 6.07) is 2.64. The third kappa shape index (κ3) is 3.24. The lowest BCUT2D eigenvalue weighted by Gasteiger charge is -2.15. The van der Waals surface area contributed by atoms with Crippen LogP contribution in [0.5, 0.6) is 5.88 Å². The predicted octanol–water partition coefficient (Wildman–Crippen LogP) is 0.144. The maximum absolute atomic E-state index is 11.4. The van der Waals surface area contributed by atoms with Gasteiger partial charge in [0.05, 0.1) is 12.2 Å². The number of anilines is 1. The summed E-state index contributed by atoms with van der Waals surface area (Å²) in [6.45, 7) is 2.09. The van der Waals surface area contributed by atoms with E-state index < -0.39 is 5.69 Å². The van der Waals surface area contributed by atoms with E-state index in [-0.39, 0.29) is 23.7 Å². The van der Waals surface area contributed by atoms with Crippen LogP contribution in [0.1, 0.15) is 43.9 Å². The van der Waals surface area contributed by atoms with Gasteiger partial charge in [-0.15, -0.1) is 0 Å². The summed E-state index contributed by atoms with van der Waals surface area (Å²) < 4.78 is 1.55. The van der Waals surface area contributed by atoms with Crippen molar-refractivity contribution in [3.8, 4) is 11.9 Å². The molecular formula is C19H20N8O2. The molecule has 2 aliphatic carbocycles. The number of nitriles is 1. The first-order valence-electron chi connectivity index (χ1n) is 9.68. The van der Waals surface area contributed by atoms with E-state index in [1.165, 1.54) is 12.8 Å². The van der Waals surface area contributed by atoms with Gasteiger partial charge in [0, 0.05) is 11.3 Å². The lowest BCUT2D eigenvalue weighted by molar-refractivity contribution is 0.454. The number of imidazole rings is 1. The average molecular weight is 392 g/mol. The minimum absolute atomic E-state index is 0.197. The molecule has 3 aromatic rings. The topological polar surface area (TPSA) is 147 Å². The molecule has 2 aliphatic rings. The van der Waals surface area contributed by atoms with E-state index in [4.69, 9.17) is 4.99 Å². The van der Waals surface area contributed by atoms with Crippen molar-refractivity contribution in [1.82, 2.24) is 24.6 Å². The number of rotatable bonds is 5. The molecular weight excluding hydrogens is 372 g/mol. The van der Waals surface area contributed by atoms with Gasteiger partial charge in [0.15, 0.2) is 17.0 Å². The summed E-state index contributed by atoms with van der Waals surface area (Å²) in [6.07, 6.45) is 7.49. The monoisotopic (exact) mass is 392 g/mol. The van der Waals surface area contributed by atoms with Crippen molar-refractivity contribution in [2.75, 3.05) is 5.32 Å². The lowest BCUT2D eigenvalue weighted by atomic mass is 10.2. The number of nitrogens with one attached hydrogen (secondary N) is 3. The van der Waals surface area contributed by atoms with Crippen LogP contribution in [0.2, 0.25) is 0 Å². The molecule has 29 heavy (non-hydrogen) atoms. The number of H-pyrrole nitrogens is 2. The summed E-state index contributed by atoms with van der Waals surface area (Å²) in [5.41, 5.74) is 1.09. The molecule has 2 saturated carbocycles. The van der Waals surface area contributed by atoms with Gasteiger partial charge in [0.2, 0.25) is 5.88 Å². The van der Waals surface area contributed by atoms with Crippen molar-refractivity contribution in [3.05, 3.63) is 38.6 Å². The molecule has 0 amide bonds. The molecule has 0 bridgehead atoms. The maximum atomic E-state index is 11.4. The van der Waals surface area contributed by atoms with Crippen LogP contribution in [-0.2, 0) is 0 Å². The first-order chi connectivity index (χ1) is 14.0. The molecule has 0 aromatic carbocycles. The van der Waals surface area contributed by atoms with Crippen molar-refractivity contribution in [2.45, 2.75) is 44.7 Å². The minimum Gasteiger partial charge on any atom is -0.493 e. The third-order valence-electron chi connectivity index (χ3n) is 5.34. The van der Waals surface area contributed by atoms with Gasteiger partial charge in [0.25, 0.3) is 0 Å². The van der Waals surface area contributed by atoms with Gasteiger partial charge < -0.3 is 15.4 Å². The molecule has 4 N–H and O–H groups in total. The largest absolute Gasteiger partial charge is 0.493 e. The zero-order valence-electron chi connectivity index (χ0n) is 15.8. The molecule has 2 fully saturated rings. The van der Waals surface area contributed by atoms with E-state index in [0.717, 1.165) is 12.8 Å². The van der Waals surface area contributed by atoms with E-state index in [1.54, 1.807) is 16.8 Å². The van der Waals surface area contributed by atoms with Crippen LogP contribution in [0.15, 0.2) is 16.0 Å². The highest BCUT2D eigenvalue weighted by molar-refractivity contribution is 5.61. The Morgan fingerprint density at radius 1 is 1.41 bits per heavy atom. The molecule has 3 heterocycles. The normalized spacial score (nSPS) is 18.9. The number of hydrogen-bond acceptors (Lipinski definition) is 7. The van der Waals surface area contributed by atoms with Crippen LogP contribution in [0.3, 0.4) is 0 Å². The van der Waals surface area contributed by atoms with Crippen molar-refractivity contribution in [2.24, 2.45) is 10.9 Å². The number of fused-ring (bicyclic) bond motifs is 1. The average Bonchev–Trinajstić information content (AvgIpc) is 3.60. The van der Waals surface area contributed by atoms with Crippen LogP contribution in [-0.4, -0.2) is 41.8 Å². The second kappa shape index (κ2) is 6.48. The fourth-order valence-corrected chi connectivity index (χ4v) is 3.38. The summed E-state index contributed by atoms with van der Waals surface area (Å²) in [5.74, 6) is 0.813. The molecule has 3 aromatic heterocycles. The van der Waals surface area contributed by atoms with Crippen molar-refractivity contribution in [3.63, 3.8) is 0 Å². The number of hydrogen-bond donors (Lipinski definition) is 4. The highest BCUT2D eigenvalue weighted by atomic mass is 16.3. The Labute approximate surface area is 164 Å². The summed E-state index contributed by atoms with van der Waals surface area (Å²) >= 11 is 0. The van der Waals surface area contributed by atoms with Gasteiger partial charge in [-0.05, 0) is 44.6 Å². The molecule has 148 valence electrons. The molecule has 0 radical (unpaired) electrons. The summed E-state index contributed by atoms with van der Waals surface area (Å²) in [4.78, 5) is 25.6. The highest BCUT2D eigenvalue weighted by Crippen LogP contribution is 2.34. The van der Waals surface area contributed by atoms with E-state index >= 15 is 0 Å². The Hall–Kier alpha value is -3.61. The van der Waals surface area contributed by atoms with E-state index in [9.17, 15) is 15.2 Å². The number of aromatic hydroxyl groups is 1. The van der Waals surface area contributed by atoms with Crippen molar-refractivity contribution < 1.29 is 5.11 Å². The molecule has 5 rings (SSSR count). The van der Waals surface area contributed by atoms with E-state index in [2.05, 4.69) is 38.4 Å². The van der Waals surface area contributed by atoms with Gasteiger partial charge in [-0.2, -0.15) is 14.9 Å². The molecule has 10 heteroatoms. The quantitative estimate of drug-likeness (QED) is 0.486. The smallest absolute Gasteiger partial charge is 0.326 e. The Kier molecular flexibility index (Phi) is 3.91. The minimum atomic E-state index is -0.505. The highest BCUT2D eigenvalue weighted by Gasteiger charge is 2.29. The van der Waals surface area contributed by atoms with Crippen LogP contribution in [0.25, 0.3) is 11.7 Å². The van der Waals surface area contributed by atoms with Gasteiger partial charge >= 0.3 is 5.69 Å². The number of nitrogens with zero attached hydrogens (tertiary/aromatic N) is 5. The molecule has 0 saturated heterocycles. The standard InChI is InChI=1S/C19H20N8O2/c1-9(10-2-3-10)22-15-13(7-20)17(23-12-4-5-12)27-16(25-15)11(8-21-27)6-14-18(28)26-19(29)24-14/h6,8-10,12,22,28H,2-5H2,1H3,(H2,24,26,29)/t9-/m0/s1. The first kappa shape index (κ1) is 17.5. The van der Waals surface area contributed by atoms with Crippen LogP contribution >= 0.6 is 0 Å². The van der Waals surface area contributed by atoms with Gasteiger partial charge in [0.1, 0.15) is 17.3 Å². The molecule has 0 unspecified atom stereocenters. The third-order valence-corrected chi connectivity index (χ3v) is 5.34. The second-order valence-corrected chi connectivity index (χ2v) is 7.72. The Morgan fingerprint density at radius 2 is 2.21 bits per heavy atom. The number of aromatic nitrogens is 5. The van der Waals surface area contributed by atoms with Crippen molar-refractivity contribution in [1.29, 1.82) is 5.26 Å². The van der Waals surface area contributed by atoms with E-state index in [1.807, 2.05) is 0 Å². The van der Waals surface area contributed by atoms with Gasteiger partial charge in [-0.25, -0.2) is 9.78 Å². The summed E-state index contributed by atoms with van der Waals surface area (Å²) in [7, 11) is 0. The van der Waals surface area contributed by atoms with Crippen LogP contribution < -0.4 is 21.7 Å². The van der Waals surface area contributed by atoms with Crippen LogP contribution in [0, 0.1) is 17.2 Å². The van der Waals surface area contributed by atoms with E-state index in [0.29, 0.717) is 33.7 Å². The maximum Gasteiger partial charge on any atom is 0.326 e. The SMILES string of the molecule is C[C@H](Nc1nc2c(=Cc3[nH]c(=O)[nH]c3O)cnn2c(=NC2CC2)c1C#N)C1CC1. The molecule has 1 atom stereocenters. The molecule has 0 aliphatic heterocycles. The van der Waals surface area contributed by atoms with Crippen molar-refractivity contribution >= 4 is 17.5 Å².